The maximum atomic E-state index is 6.17. The summed E-state index contributed by atoms with van der Waals surface area (Å²) in [5.74, 6) is 1.11. The van der Waals surface area contributed by atoms with Gasteiger partial charge in [0.1, 0.15) is 5.82 Å². The van der Waals surface area contributed by atoms with Crippen molar-refractivity contribution in [1.82, 2.24) is 9.55 Å². The molecule has 2 N–H and O–H groups in total. The van der Waals surface area contributed by atoms with E-state index in [1.807, 2.05) is 24.3 Å². The number of nitrogens with two attached hydrogens (primary N) is 1. The molecule has 0 radical (unpaired) electrons. The Hall–Kier alpha value is -1.32. The second kappa shape index (κ2) is 4.75. The Kier molecular flexibility index (Phi) is 3.10. The van der Waals surface area contributed by atoms with Crippen LogP contribution in [0, 0.1) is 0 Å². The van der Waals surface area contributed by atoms with Crippen molar-refractivity contribution in [2.75, 3.05) is 0 Å². The SMILES string of the molecule is NC1CCCc2nc(Cc3ccccc3Cl)cn21. The second-order valence-corrected chi connectivity index (χ2v) is 5.19. The second-order valence-electron chi connectivity index (χ2n) is 4.78. The lowest BCUT2D eigenvalue weighted by Gasteiger charge is -2.20. The Labute approximate surface area is 112 Å². The van der Waals surface area contributed by atoms with E-state index in [4.69, 9.17) is 17.3 Å². The van der Waals surface area contributed by atoms with E-state index in [1.165, 1.54) is 0 Å². The van der Waals surface area contributed by atoms with Crippen LogP contribution in [0.25, 0.3) is 0 Å². The molecule has 1 aliphatic heterocycles. The molecule has 0 saturated carbocycles. The van der Waals surface area contributed by atoms with Gasteiger partial charge in [-0.15, -0.1) is 0 Å². The fourth-order valence-corrected chi connectivity index (χ4v) is 2.69. The molecular weight excluding hydrogens is 246 g/mol. The topological polar surface area (TPSA) is 43.8 Å². The van der Waals surface area contributed by atoms with Crippen LogP contribution in [0.1, 0.15) is 36.1 Å². The lowest BCUT2D eigenvalue weighted by atomic mass is 10.1. The molecule has 1 aromatic heterocycles. The van der Waals surface area contributed by atoms with Crippen molar-refractivity contribution in [3.63, 3.8) is 0 Å². The first-order chi connectivity index (χ1) is 8.74. The van der Waals surface area contributed by atoms with E-state index >= 15 is 0 Å². The molecule has 1 atom stereocenters. The molecule has 0 amide bonds. The fourth-order valence-electron chi connectivity index (χ4n) is 2.49. The number of halogens is 1. The minimum atomic E-state index is 0.0845. The van der Waals surface area contributed by atoms with E-state index in [1.54, 1.807) is 0 Å². The molecule has 94 valence electrons. The first-order valence-corrected chi connectivity index (χ1v) is 6.67. The number of fused-ring (bicyclic) bond motifs is 1. The van der Waals surface area contributed by atoms with Gasteiger partial charge in [-0.1, -0.05) is 29.8 Å². The highest BCUT2D eigenvalue weighted by Crippen LogP contribution is 2.23. The summed E-state index contributed by atoms with van der Waals surface area (Å²) in [6, 6.07) is 7.90. The summed E-state index contributed by atoms with van der Waals surface area (Å²) in [6.07, 6.45) is 6.12. The first kappa shape index (κ1) is 11.8. The number of imidazole rings is 1. The molecule has 18 heavy (non-hydrogen) atoms. The van der Waals surface area contributed by atoms with Crippen LogP contribution in [0.5, 0.6) is 0 Å². The molecule has 1 aromatic carbocycles. The van der Waals surface area contributed by atoms with Gasteiger partial charge < -0.3 is 10.3 Å². The number of aryl methyl sites for hydroxylation is 1. The predicted octanol–water partition coefficient (Wildman–Crippen LogP) is 2.92. The summed E-state index contributed by atoms with van der Waals surface area (Å²) in [5, 5.41) is 0.799. The summed E-state index contributed by atoms with van der Waals surface area (Å²) >= 11 is 6.17. The third kappa shape index (κ3) is 2.16. The summed E-state index contributed by atoms with van der Waals surface area (Å²) in [6.45, 7) is 0. The van der Waals surface area contributed by atoms with Crippen LogP contribution < -0.4 is 5.73 Å². The van der Waals surface area contributed by atoms with Crippen LogP contribution in [0.4, 0.5) is 0 Å². The fraction of sp³-hybridized carbons (Fsp3) is 0.357. The number of hydrogen-bond donors (Lipinski definition) is 1. The third-order valence-corrected chi connectivity index (χ3v) is 3.81. The van der Waals surface area contributed by atoms with Gasteiger partial charge >= 0.3 is 0 Å². The third-order valence-electron chi connectivity index (χ3n) is 3.45. The molecule has 4 heteroatoms. The summed E-state index contributed by atoms with van der Waals surface area (Å²) in [7, 11) is 0. The highest BCUT2D eigenvalue weighted by molar-refractivity contribution is 6.31. The van der Waals surface area contributed by atoms with Crippen molar-refractivity contribution >= 4 is 11.6 Å². The lowest BCUT2D eigenvalue weighted by Crippen LogP contribution is -2.24. The average molecular weight is 262 g/mol. The maximum absolute atomic E-state index is 6.17. The summed E-state index contributed by atoms with van der Waals surface area (Å²) < 4.78 is 2.11. The quantitative estimate of drug-likeness (QED) is 0.903. The number of benzene rings is 1. The molecule has 1 aliphatic rings. The Morgan fingerprint density at radius 3 is 3.00 bits per heavy atom. The van der Waals surface area contributed by atoms with Gasteiger partial charge in [-0.3, -0.25) is 0 Å². The minimum Gasteiger partial charge on any atom is -0.319 e. The van der Waals surface area contributed by atoms with E-state index in [-0.39, 0.29) is 6.17 Å². The summed E-state index contributed by atoms with van der Waals surface area (Å²) in [5.41, 5.74) is 8.25. The molecular formula is C14H16ClN3. The van der Waals surface area contributed by atoms with E-state index in [2.05, 4.69) is 15.7 Å². The van der Waals surface area contributed by atoms with E-state index in [0.29, 0.717) is 0 Å². The van der Waals surface area contributed by atoms with Gasteiger partial charge in [-0.05, 0) is 24.5 Å². The van der Waals surface area contributed by atoms with Crippen molar-refractivity contribution in [2.45, 2.75) is 31.8 Å². The van der Waals surface area contributed by atoms with Crippen LogP contribution in [0.15, 0.2) is 30.5 Å². The van der Waals surface area contributed by atoms with Gasteiger partial charge in [-0.25, -0.2) is 4.98 Å². The molecule has 0 saturated heterocycles. The van der Waals surface area contributed by atoms with Crippen molar-refractivity contribution in [3.05, 3.63) is 52.6 Å². The number of rotatable bonds is 2. The summed E-state index contributed by atoms with van der Waals surface area (Å²) in [4.78, 5) is 4.66. The van der Waals surface area contributed by atoms with Crippen molar-refractivity contribution in [2.24, 2.45) is 5.73 Å². The van der Waals surface area contributed by atoms with Crippen LogP contribution in [-0.2, 0) is 12.8 Å². The Bertz CT molecular complexity index is 562. The van der Waals surface area contributed by atoms with Gasteiger partial charge in [0.25, 0.3) is 0 Å². The standard InChI is InChI=1S/C14H16ClN3/c15-12-5-2-1-4-10(12)8-11-9-18-13(16)6-3-7-14(18)17-11/h1-2,4-5,9,13H,3,6-8,16H2. The van der Waals surface area contributed by atoms with Crippen LogP contribution >= 0.6 is 11.6 Å². The molecule has 0 fully saturated rings. The monoisotopic (exact) mass is 261 g/mol. The Balaban J connectivity index is 1.88. The largest absolute Gasteiger partial charge is 0.319 e. The zero-order valence-corrected chi connectivity index (χ0v) is 10.9. The number of nitrogens with zero attached hydrogens (tertiary/aromatic N) is 2. The van der Waals surface area contributed by atoms with Crippen LogP contribution in [-0.4, -0.2) is 9.55 Å². The molecule has 3 rings (SSSR count). The van der Waals surface area contributed by atoms with Crippen LogP contribution in [0.2, 0.25) is 5.02 Å². The first-order valence-electron chi connectivity index (χ1n) is 6.29. The van der Waals surface area contributed by atoms with Crippen molar-refractivity contribution < 1.29 is 0 Å². The Morgan fingerprint density at radius 2 is 2.22 bits per heavy atom. The lowest BCUT2D eigenvalue weighted by molar-refractivity contribution is 0.408. The molecule has 0 aliphatic carbocycles. The average Bonchev–Trinajstić information content (AvgIpc) is 2.76. The van der Waals surface area contributed by atoms with Crippen molar-refractivity contribution in [1.29, 1.82) is 0 Å². The zero-order chi connectivity index (χ0) is 12.5. The maximum Gasteiger partial charge on any atom is 0.110 e. The molecule has 0 bridgehead atoms. The highest BCUT2D eigenvalue weighted by atomic mass is 35.5. The predicted molar refractivity (Wildman–Crippen MR) is 72.6 cm³/mol. The van der Waals surface area contributed by atoms with E-state index in [0.717, 1.165) is 47.8 Å². The van der Waals surface area contributed by atoms with Crippen molar-refractivity contribution in [3.8, 4) is 0 Å². The van der Waals surface area contributed by atoms with Gasteiger partial charge in [0.15, 0.2) is 0 Å². The van der Waals surface area contributed by atoms with E-state index in [9.17, 15) is 0 Å². The highest BCUT2D eigenvalue weighted by Gasteiger charge is 2.18. The smallest absolute Gasteiger partial charge is 0.110 e. The molecule has 2 aromatic rings. The van der Waals surface area contributed by atoms with E-state index < -0.39 is 0 Å². The normalized spacial score (nSPS) is 18.7. The molecule has 0 spiro atoms. The van der Waals surface area contributed by atoms with Gasteiger partial charge in [0.2, 0.25) is 0 Å². The molecule has 2 heterocycles. The molecule has 3 nitrogen and oxygen atoms in total. The number of aromatic nitrogens is 2. The molecule has 1 unspecified atom stereocenters. The van der Waals surface area contributed by atoms with Gasteiger partial charge in [0, 0.05) is 24.1 Å². The minimum absolute atomic E-state index is 0.0845. The van der Waals surface area contributed by atoms with Crippen LogP contribution in [0.3, 0.4) is 0 Å². The number of hydrogen-bond acceptors (Lipinski definition) is 2. The Morgan fingerprint density at radius 1 is 1.39 bits per heavy atom. The van der Waals surface area contributed by atoms with Gasteiger partial charge in [-0.2, -0.15) is 0 Å². The zero-order valence-electron chi connectivity index (χ0n) is 10.1. The van der Waals surface area contributed by atoms with Gasteiger partial charge in [0.05, 0.1) is 11.9 Å².